The Bertz CT molecular complexity index is 939. The SMILES string of the molecule is CC(C)(C)OC(=O)N(C(=O)OC(C)(C)C)C(C#N)CC12CC(c3ccc(C#N)cc3)(C1)C2. The Labute approximate surface area is 189 Å². The van der Waals surface area contributed by atoms with Gasteiger partial charge in [0, 0.05) is 0 Å². The molecule has 0 saturated heterocycles. The number of hydrogen-bond acceptors (Lipinski definition) is 6. The van der Waals surface area contributed by atoms with Crippen LogP contribution in [-0.2, 0) is 14.9 Å². The molecule has 1 aromatic carbocycles. The van der Waals surface area contributed by atoms with E-state index in [9.17, 15) is 14.9 Å². The number of amides is 2. The van der Waals surface area contributed by atoms with E-state index in [4.69, 9.17) is 14.7 Å². The first-order valence-electron chi connectivity index (χ1n) is 10.9. The van der Waals surface area contributed by atoms with Crippen molar-refractivity contribution < 1.29 is 19.1 Å². The van der Waals surface area contributed by atoms with Gasteiger partial charge in [0.1, 0.15) is 17.2 Å². The second-order valence-electron chi connectivity index (χ2n) is 11.2. The van der Waals surface area contributed by atoms with Crippen LogP contribution in [0, 0.1) is 28.1 Å². The lowest BCUT2D eigenvalue weighted by Crippen LogP contribution is -2.66. The van der Waals surface area contributed by atoms with E-state index in [-0.39, 0.29) is 10.8 Å². The van der Waals surface area contributed by atoms with E-state index in [0.717, 1.165) is 24.2 Å². The molecule has 3 saturated carbocycles. The lowest BCUT2D eigenvalue weighted by Gasteiger charge is -2.72. The van der Waals surface area contributed by atoms with Crippen LogP contribution in [-0.4, -0.2) is 34.3 Å². The summed E-state index contributed by atoms with van der Waals surface area (Å²) in [4.78, 5) is 26.6. The van der Waals surface area contributed by atoms with Gasteiger partial charge in [-0.2, -0.15) is 15.4 Å². The zero-order chi connectivity index (χ0) is 23.9. The molecule has 3 aliphatic carbocycles. The number of benzene rings is 1. The maximum atomic E-state index is 12.9. The summed E-state index contributed by atoms with van der Waals surface area (Å²) in [6.45, 7) is 10.3. The summed E-state index contributed by atoms with van der Waals surface area (Å²) >= 11 is 0. The van der Waals surface area contributed by atoms with Gasteiger partial charge in [-0.3, -0.25) is 0 Å². The third-order valence-electron chi connectivity index (χ3n) is 6.03. The van der Waals surface area contributed by atoms with Gasteiger partial charge in [-0.15, -0.1) is 0 Å². The van der Waals surface area contributed by atoms with Crippen LogP contribution in [0.2, 0.25) is 0 Å². The van der Waals surface area contributed by atoms with Crippen LogP contribution in [0.1, 0.15) is 78.4 Å². The number of rotatable bonds is 4. The van der Waals surface area contributed by atoms with E-state index >= 15 is 0 Å². The maximum Gasteiger partial charge on any atom is 0.420 e. The van der Waals surface area contributed by atoms with Gasteiger partial charge in [0.15, 0.2) is 0 Å². The molecule has 3 fully saturated rings. The van der Waals surface area contributed by atoms with Crippen molar-refractivity contribution in [1.82, 2.24) is 4.90 Å². The van der Waals surface area contributed by atoms with Crippen LogP contribution < -0.4 is 0 Å². The quantitative estimate of drug-likeness (QED) is 0.622. The van der Waals surface area contributed by atoms with Crippen molar-refractivity contribution in [2.45, 2.75) is 89.9 Å². The molecule has 0 heterocycles. The third-order valence-corrected chi connectivity index (χ3v) is 6.03. The van der Waals surface area contributed by atoms with Crippen LogP contribution in [0.5, 0.6) is 0 Å². The number of nitrogens with zero attached hydrogens (tertiary/aromatic N) is 3. The fourth-order valence-electron chi connectivity index (χ4n) is 4.98. The van der Waals surface area contributed by atoms with Crippen molar-refractivity contribution in [2.24, 2.45) is 5.41 Å². The molecule has 1 unspecified atom stereocenters. The third kappa shape index (κ3) is 4.72. The van der Waals surface area contributed by atoms with E-state index in [1.165, 1.54) is 5.56 Å². The minimum atomic E-state index is -0.973. The normalized spacial score (nSPS) is 24.6. The van der Waals surface area contributed by atoms with Crippen molar-refractivity contribution in [2.75, 3.05) is 0 Å². The van der Waals surface area contributed by atoms with Gasteiger partial charge in [0.2, 0.25) is 0 Å². The molecule has 170 valence electrons. The van der Waals surface area contributed by atoms with Gasteiger partial charge in [0.25, 0.3) is 0 Å². The lowest BCUT2D eigenvalue weighted by molar-refractivity contribution is -0.152. The van der Waals surface area contributed by atoms with E-state index in [0.29, 0.717) is 12.0 Å². The Morgan fingerprint density at radius 2 is 1.44 bits per heavy atom. The van der Waals surface area contributed by atoms with Gasteiger partial charge < -0.3 is 9.47 Å². The summed E-state index contributed by atoms with van der Waals surface area (Å²) in [5, 5.41) is 18.9. The highest BCUT2D eigenvalue weighted by molar-refractivity contribution is 5.89. The predicted octanol–water partition coefficient (Wildman–Crippen LogP) is 5.43. The standard InChI is InChI=1S/C25H31N3O4/c1-22(2,3)31-20(29)28(21(30)32-23(4,5)6)19(13-27)11-24-14-25(15-24,16-24)18-9-7-17(12-26)8-10-18/h7-10,19H,11,14-16H2,1-6H3. The average molecular weight is 438 g/mol. The largest absolute Gasteiger partial charge is 0.443 e. The molecule has 2 bridgehead atoms. The second-order valence-corrected chi connectivity index (χ2v) is 11.2. The zero-order valence-corrected chi connectivity index (χ0v) is 19.7. The molecule has 0 aliphatic heterocycles. The van der Waals surface area contributed by atoms with Crippen molar-refractivity contribution in [3.63, 3.8) is 0 Å². The van der Waals surface area contributed by atoms with Crippen LogP contribution in [0.15, 0.2) is 24.3 Å². The number of imide groups is 1. The Hall–Kier alpha value is -3.06. The first-order valence-corrected chi connectivity index (χ1v) is 10.9. The van der Waals surface area contributed by atoms with Crippen molar-refractivity contribution in [3.05, 3.63) is 35.4 Å². The summed E-state index contributed by atoms with van der Waals surface area (Å²) in [7, 11) is 0. The Morgan fingerprint density at radius 3 is 1.81 bits per heavy atom. The van der Waals surface area contributed by atoms with Gasteiger partial charge in [0.05, 0.1) is 17.7 Å². The summed E-state index contributed by atoms with van der Waals surface area (Å²) in [6.07, 6.45) is 1.32. The molecule has 1 atom stereocenters. The van der Waals surface area contributed by atoms with Crippen LogP contribution in [0.25, 0.3) is 0 Å². The highest BCUT2D eigenvalue weighted by Gasteiger charge is 2.68. The molecule has 0 N–H and O–H groups in total. The van der Waals surface area contributed by atoms with E-state index in [1.54, 1.807) is 41.5 Å². The van der Waals surface area contributed by atoms with Gasteiger partial charge in [-0.25, -0.2) is 9.59 Å². The molecular weight excluding hydrogens is 406 g/mol. The summed E-state index contributed by atoms with van der Waals surface area (Å²) in [5.74, 6) is 0. The molecule has 7 heteroatoms. The Kier molecular flexibility index (Phi) is 5.76. The monoisotopic (exact) mass is 437 g/mol. The molecule has 7 nitrogen and oxygen atoms in total. The van der Waals surface area contributed by atoms with E-state index < -0.39 is 29.4 Å². The summed E-state index contributed by atoms with van der Waals surface area (Å²) < 4.78 is 10.8. The second kappa shape index (κ2) is 7.81. The first kappa shape index (κ1) is 23.6. The van der Waals surface area contributed by atoms with E-state index in [1.807, 2.05) is 24.3 Å². The molecule has 0 radical (unpaired) electrons. The van der Waals surface area contributed by atoms with Crippen LogP contribution >= 0.6 is 0 Å². The minimum absolute atomic E-state index is 0.0661. The first-order chi connectivity index (χ1) is 14.7. The molecule has 4 rings (SSSR count). The summed E-state index contributed by atoms with van der Waals surface area (Å²) in [6, 6.07) is 10.9. The average Bonchev–Trinajstić information content (AvgIpc) is 2.59. The highest BCUT2D eigenvalue weighted by Crippen LogP contribution is 2.75. The van der Waals surface area contributed by atoms with Crippen molar-refractivity contribution in [3.8, 4) is 12.1 Å². The Morgan fingerprint density at radius 1 is 0.969 bits per heavy atom. The summed E-state index contributed by atoms with van der Waals surface area (Å²) in [5.41, 5.74) is 0.182. The number of ether oxygens (including phenoxy) is 2. The molecule has 2 amide bonds. The molecule has 0 spiro atoms. The molecule has 0 aromatic heterocycles. The number of nitriles is 2. The smallest absolute Gasteiger partial charge is 0.420 e. The number of carbonyl (C=O) groups excluding carboxylic acids is 2. The topological polar surface area (TPSA) is 103 Å². The van der Waals surface area contributed by atoms with Crippen LogP contribution in [0.3, 0.4) is 0 Å². The number of carbonyl (C=O) groups is 2. The zero-order valence-electron chi connectivity index (χ0n) is 19.7. The fourth-order valence-corrected chi connectivity index (χ4v) is 4.98. The number of hydrogen-bond donors (Lipinski definition) is 0. The minimum Gasteiger partial charge on any atom is -0.443 e. The fraction of sp³-hybridized carbons (Fsp3) is 0.600. The van der Waals surface area contributed by atoms with Gasteiger partial charge >= 0.3 is 12.2 Å². The van der Waals surface area contributed by atoms with Crippen molar-refractivity contribution >= 4 is 12.2 Å². The molecular formula is C25H31N3O4. The molecule has 1 aromatic rings. The lowest BCUT2D eigenvalue weighted by atomic mass is 9.32. The predicted molar refractivity (Wildman–Crippen MR) is 117 cm³/mol. The van der Waals surface area contributed by atoms with Gasteiger partial charge in [-0.05, 0) is 95.8 Å². The Balaban J connectivity index is 1.74. The van der Waals surface area contributed by atoms with E-state index in [2.05, 4.69) is 12.1 Å². The highest BCUT2D eigenvalue weighted by atomic mass is 16.6. The maximum absolute atomic E-state index is 12.9. The molecule has 3 aliphatic rings. The van der Waals surface area contributed by atoms with Gasteiger partial charge in [-0.1, -0.05) is 12.1 Å². The van der Waals surface area contributed by atoms with Crippen LogP contribution in [0.4, 0.5) is 9.59 Å². The molecule has 32 heavy (non-hydrogen) atoms. The van der Waals surface area contributed by atoms with Crippen molar-refractivity contribution in [1.29, 1.82) is 10.5 Å².